The minimum atomic E-state index is -0.354. The Labute approximate surface area is 109 Å². The summed E-state index contributed by atoms with van der Waals surface area (Å²) in [5.74, 6) is -0.644. The first kappa shape index (κ1) is 11.7. The summed E-state index contributed by atoms with van der Waals surface area (Å²) in [5.41, 5.74) is 7.86. The number of fused-ring (bicyclic) bond motifs is 1. The topological polar surface area (TPSA) is 64.2 Å². The van der Waals surface area contributed by atoms with Crippen molar-refractivity contribution in [1.82, 2.24) is 9.78 Å². The second-order valence-electron chi connectivity index (χ2n) is 4.59. The fraction of sp³-hybridized carbons (Fsp3) is 0.231. The number of anilines is 2. The van der Waals surface area contributed by atoms with E-state index >= 15 is 0 Å². The monoisotopic (exact) mass is 260 g/mol. The van der Waals surface area contributed by atoms with E-state index in [-0.39, 0.29) is 17.4 Å². The number of carbonyl (C=O) groups excluding carboxylic acids is 1. The summed E-state index contributed by atoms with van der Waals surface area (Å²) in [5, 5.41) is 4.06. The van der Waals surface area contributed by atoms with Gasteiger partial charge in [0, 0.05) is 19.8 Å². The average Bonchev–Trinajstić information content (AvgIpc) is 2.91. The van der Waals surface area contributed by atoms with E-state index in [1.807, 2.05) is 0 Å². The fourth-order valence-corrected chi connectivity index (χ4v) is 2.36. The molecule has 3 rings (SSSR count). The molecule has 0 unspecified atom stereocenters. The van der Waals surface area contributed by atoms with Crippen molar-refractivity contribution in [1.29, 1.82) is 0 Å². The third-order valence-electron chi connectivity index (χ3n) is 3.25. The summed E-state index contributed by atoms with van der Waals surface area (Å²) in [6, 6.07) is 4.49. The van der Waals surface area contributed by atoms with Gasteiger partial charge in [-0.15, -0.1) is 0 Å². The van der Waals surface area contributed by atoms with Crippen LogP contribution in [0.3, 0.4) is 0 Å². The van der Waals surface area contributed by atoms with Crippen LogP contribution in [0.2, 0.25) is 0 Å². The molecule has 0 aliphatic carbocycles. The highest BCUT2D eigenvalue weighted by Crippen LogP contribution is 2.30. The third-order valence-corrected chi connectivity index (χ3v) is 3.25. The Bertz CT molecular complexity index is 665. The molecule has 2 heterocycles. The van der Waals surface area contributed by atoms with Crippen LogP contribution in [-0.4, -0.2) is 22.2 Å². The Morgan fingerprint density at radius 1 is 1.47 bits per heavy atom. The first-order valence-corrected chi connectivity index (χ1v) is 5.95. The lowest BCUT2D eigenvalue weighted by atomic mass is 10.1. The summed E-state index contributed by atoms with van der Waals surface area (Å²) in [6.45, 7) is 0.521. The summed E-state index contributed by atoms with van der Waals surface area (Å²) < 4.78 is 14.8. The summed E-state index contributed by atoms with van der Waals surface area (Å²) in [6.07, 6.45) is 2.30. The Hall–Kier alpha value is -2.37. The number of nitrogen functional groups attached to an aromatic ring is 1. The molecular formula is C13H13FN4O. The maximum atomic E-state index is 13.3. The molecule has 2 N–H and O–H groups in total. The van der Waals surface area contributed by atoms with Gasteiger partial charge in [-0.3, -0.25) is 9.48 Å². The smallest absolute Gasteiger partial charge is 0.280 e. The van der Waals surface area contributed by atoms with Crippen LogP contribution in [0.1, 0.15) is 16.1 Å². The molecule has 1 aliphatic rings. The van der Waals surface area contributed by atoms with Gasteiger partial charge in [-0.1, -0.05) is 6.07 Å². The standard InChI is InChI=1S/C13H13FN4O/c1-17-7-10(15)12(16-17)13(19)18-5-4-8-2-3-9(14)6-11(8)18/h2-3,6-7H,4-5,15H2,1H3. The second-order valence-corrected chi connectivity index (χ2v) is 4.59. The number of aromatic nitrogens is 2. The highest BCUT2D eigenvalue weighted by molar-refractivity contribution is 6.08. The molecule has 0 radical (unpaired) electrons. The van der Waals surface area contributed by atoms with Crippen molar-refractivity contribution in [2.24, 2.45) is 7.05 Å². The molecule has 2 aromatic rings. The lowest BCUT2D eigenvalue weighted by molar-refractivity contribution is 0.0984. The molecule has 1 aromatic heterocycles. The molecule has 0 bridgehead atoms. The van der Waals surface area contributed by atoms with E-state index < -0.39 is 0 Å². The predicted octanol–water partition coefficient (Wildman–Crippen LogP) is 1.34. The van der Waals surface area contributed by atoms with Gasteiger partial charge in [0.05, 0.1) is 11.4 Å². The van der Waals surface area contributed by atoms with Crippen molar-refractivity contribution in [2.75, 3.05) is 17.2 Å². The molecule has 1 aromatic carbocycles. The van der Waals surface area contributed by atoms with E-state index in [1.165, 1.54) is 21.7 Å². The molecule has 98 valence electrons. The second kappa shape index (κ2) is 4.08. The summed E-state index contributed by atoms with van der Waals surface area (Å²) >= 11 is 0. The Morgan fingerprint density at radius 2 is 2.26 bits per heavy atom. The number of nitrogens with zero attached hydrogens (tertiary/aromatic N) is 3. The maximum absolute atomic E-state index is 13.3. The zero-order valence-corrected chi connectivity index (χ0v) is 10.4. The van der Waals surface area contributed by atoms with Crippen LogP contribution in [0, 0.1) is 5.82 Å². The van der Waals surface area contributed by atoms with Gasteiger partial charge in [0.1, 0.15) is 5.82 Å². The predicted molar refractivity (Wildman–Crippen MR) is 69.4 cm³/mol. The quantitative estimate of drug-likeness (QED) is 0.841. The number of hydrogen-bond acceptors (Lipinski definition) is 3. The summed E-state index contributed by atoms with van der Waals surface area (Å²) in [7, 11) is 1.70. The highest BCUT2D eigenvalue weighted by Gasteiger charge is 2.28. The minimum Gasteiger partial charge on any atom is -0.396 e. The normalized spacial score (nSPS) is 13.7. The van der Waals surface area contributed by atoms with Crippen LogP contribution in [0.4, 0.5) is 15.8 Å². The lowest BCUT2D eigenvalue weighted by Gasteiger charge is -2.16. The van der Waals surface area contributed by atoms with Crippen molar-refractivity contribution < 1.29 is 9.18 Å². The number of hydrogen-bond donors (Lipinski definition) is 1. The van der Waals surface area contributed by atoms with Crippen molar-refractivity contribution in [2.45, 2.75) is 6.42 Å². The molecule has 1 amide bonds. The van der Waals surface area contributed by atoms with Gasteiger partial charge < -0.3 is 10.6 Å². The average molecular weight is 260 g/mol. The number of halogens is 1. The van der Waals surface area contributed by atoms with E-state index in [1.54, 1.807) is 19.3 Å². The largest absolute Gasteiger partial charge is 0.396 e. The minimum absolute atomic E-state index is 0.208. The molecule has 0 fully saturated rings. The molecule has 0 saturated heterocycles. The number of rotatable bonds is 1. The molecule has 0 spiro atoms. The molecule has 1 aliphatic heterocycles. The SMILES string of the molecule is Cn1cc(N)c(C(=O)N2CCc3ccc(F)cc32)n1. The molecule has 0 saturated carbocycles. The van der Waals surface area contributed by atoms with E-state index in [0.717, 1.165) is 5.56 Å². The van der Waals surface area contributed by atoms with Crippen LogP contribution < -0.4 is 10.6 Å². The Balaban J connectivity index is 2.00. The van der Waals surface area contributed by atoms with E-state index in [4.69, 9.17) is 5.73 Å². The number of amides is 1. The zero-order chi connectivity index (χ0) is 13.6. The number of carbonyl (C=O) groups is 1. The fourth-order valence-electron chi connectivity index (χ4n) is 2.36. The van der Waals surface area contributed by atoms with Crippen molar-refractivity contribution in [3.63, 3.8) is 0 Å². The number of nitrogens with two attached hydrogens (primary N) is 1. The van der Waals surface area contributed by atoms with Crippen LogP contribution in [0.5, 0.6) is 0 Å². The molecular weight excluding hydrogens is 247 g/mol. The van der Waals surface area contributed by atoms with Crippen molar-refractivity contribution in [3.05, 3.63) is 41.5 Å². The zero-order valence-electron chi connectivity index (χ0n) is 10.4. The molecule has 0 atom stereocenters. The first-order valence-electron chi connectivity index (χ1n) is 5.95. The van der Waals surface area contributed by atoms with Gasteiger partial charge in [0.15, 0.2) is 5.69 Å². The van der Waals surface area contributed by atoms with Gasteiger partial charge in [0.2, 0.25) is 0 Å². The Morgan fingerprint density at radius 3 is 2.95 bits per heavy atom. The molecule has 6 heteroatoms. The number of aryl methyl sites for hydroxylation is 1. The lowest BCUT2D eigenvalue weighted by Crippen LogP contribution is -2.30. The van der Waals surface area contributed by atoms with E-state index in [0.29, 0.717) is 24.3 Å². The Kier molecular flexibility index (Phi) is 2.51. The highest BCUT2D eigenvalue weighted by atomic mass is 19.1. The maximum Gasteiger partial charge on any atom is 0.280 e. The van der Waals surface area contributed by atoms with E-state index in [9.17, 15) is 9.18 Å². The van der Waals surface area contributed by atoms with Crippen molar-refractivity contribution in [3.8, 4) is 0 Å². The number of benzene rings is 1. The van der Waals surface area contributed by atoms with Crippen LogP contribution in [0.15, 0.2) is 24.4 Å². The van der Waals surface area contributed by atoms with Crippen LogP contribution in [0.25, 0.3) is 0 Å². The summed E-state index contributed by atoms with van der Waals surface area (Å²) in [4.78, 5) is 13.9. The molecule has 5 nitrogen and oxygen atoms in total. The van der Waals surface area contributed by atoms with Gasteiger partial charge in [-0.05, 0) is 24.1 Å². The van der Waals surface area contributed by atoms with Crippen molar-refractivity contribution >= 4 is 17.3 Å². The van der Waals surface area contributed by atoms with Gasteiger partial charge >= 0.3 is 0 Å². The van der Waals surface area contributed by atoms with Gasteiger partial charge in [-0.25, -0.2) is 4.39 Å². The first-order chi connectivity index (χ1) is 9.06. The molecule has 19 heavy (non-hydrogen) atoms. The van der Waals surface area contributed by atoms with Gasteiger partial charge in [-0.2, -0.15) is 5.10 Å². The van der Waals surface area contributed by atoms with E-state index in [2.05, 4.69) is 5.10 Å². The van der Waals surface area contributed by atoms with Crippen LogP contribution >= 0.6 is 0 Å². The third kappa shape index (κ3) is 1.85. The van der Waals surface area contributed by atoms with Crippen LogP contribution in [-0.2, 0) is 13.5 Å². The van der Waals surface area contributed by atoms with Gasteiger partial charge in [0.25, 0.3) is 5.91 Å².